The quantitative estimate of drug-likeness (QED) is 0.889. The zero-order valence-corrected chi connectivity index (χ0v) is 11.2. The van der Waals surface area contributed by atoms with E-state index in [1.165, 1.54) is 13.0 Å². The Morgan fingerprint density at radius 2 is 2.11 bits per heavy atom. The molecule has 1 unspecified atom stereocenters. The number of hydrogen-bond acceptors (Lipinski definition) is 2. The van der Waals surface area contributed by atoms with Gasteiger partial charge in [0, 0.05) is 31.4 Å². The van der Waals surface area contributed by atoms with E-state index in [9.17, 15) is 13.2 Å². The van der Waals surface area contributed by atoms with E-state index in [1.54, 1.807) is 12.1 Å². The smallest absolute Gasteiger partial charge is 0.369 e. The predicted octanol–water partition coefficient (Wildman–Crippen LogP) is 3.20. The number of halogens is 3. The van der Waals surface area contributed by atoms with Crippen LogP contribution in [0, 0.1) is 6.92 Å². The molecule has 1 heterocycles. The van der Waals surface area contributed by atoms with Crippen LogP contribution in [0.3, 0.4) is 0 Å². The minimum Gasteiger partial charge on any atom is -0.369 e. The molecule has 2 nitrogen and oxygen atoms in total. The molecule has 0 aliphatic carbocycles. The SMILES string of the molecule is CCC1CN(c2ccc(C)c(C(F)(F)F)c2)CCN1. The fraction of sp³-hybridized carbons (Fsp3) is 0.571. The molecule has 1 aliphatic heterocycles. The van der Waals surface area contributed by atoms with Gasteiger partial charge in [-0.1, -0.05) is 13.0 Å². The van der Waals surface area contributed by atoms with Gasteiger partial charge in [0.1, 0.15) is 0 Å². The maximum Gasteiger partial charge on any atom is 0.416 e. The number of aryl methyl sites for hydroxylation is 1. The van der Waals surface area contributed by atoms with E-state index in [-0.39, 0.29) is 5.56 Å². The minimum absolute atomic E-state index is 0.276. The highest BCUT2D eigenvalue weighted by atomic mass is 19.4. The molecule has 0 spiro atoms. The van der Waals surface area contributed by atoms with Crippen molar-refractivity contribution in [3.63, 3.8) is 0 Å². The largest absolute Gasteiger partial charge is 0.416 e. The topological polar surface area (TPSA) is 15.3 Å². The van der Waals surface area contributed by atoms with E-state index in [0.717, 1.165) is 26.1 Å². The van der Waals surface area contributed by atoms with Crippen molar-refractivity contribution in [1.29, 1.82) is 0 Å². The normalized spacial score (nSPS) is 20.7. The molecule has 1 aromatic carbocycles. The maximum absolute atomic E-state index is 12.9. The van der Waals surface area contributed by atoms with Gasteiger partial charge in [-0.2, -0.15) is 13.2 Å². The molecule has 0 bridgehead atoms. The standard InChI is InChI=1S/C14H19F3N2/c1-3-11-9-19(7-6-18-11)12-5-4-10(2)13(8-12)14(15,16)17/h4-5,8,11,18H,3,6-7,9H2,1-2H3. The Labute approximate surface area is 111 Å². The van der Waals surface area contributed by atoms with Gasteiger partial charge < -0.3 is 10.2 Å². The van der Waals surface area contributed by atoms with Crippen molar-refractivity contribution in [1.82, 2.24) is 5.32 Å². The summed E-state index contributed by atoms with van der Waals surface area (Å²) < 4.78 is 38.7. The van der Waals surface area contributed by atoms with E-state index in [1.807, 2.05) is 4.90 Å². The summed E-state index contributed by atoms with van der Waals surface area (Å²) in [5.41, 5.74) is 0.410. The summed E-state index contributed by atoms with van der Waals surface area (Å²) in [6.45, 7) is 5.90. The zero-order valence-electron chi connectivity index (χ0n) is 11.2. The molecule has 0 aromatic heterocycles. The van der Waals surface area contributed by atoms with Crippen LogP contribution in [0.5, 0.6) is 0 Å². The molecular formula is C14H19F3N2. The van der Waals surface area contributed by atoms with Gasteiger partial charge in [0.25, 0.3) is 0 Å². The zero-order chi connectivity index (χ0) is 14.0. The number of nitrogens with one attached hydrogen (secondary N) is 1. The lowest BCUT2D eigenvalue weighted by molar-refractivity contribution is -0.138. The van der Waals surface area contributed by atoms with Gasteiger partial charge in [-0.3, -0.25) is 0 Å². The van der Waals surface area contributed by atoms with Crippen LogP contribution < -0.4 is 10.2 Å². The molecule has 1 fully saturated rings. The molecule has 0 radical (unpaired) electrons. The van der Waals surface area contributed by atoms with E-state index >= 15 is 0 Å². The second kappa shape index (κ2) is 5.41. The third-order valence-electron chi connectivity index (χ3n) is 3.64. The van der Waals surface area contributed by atoms with Gasteiger partial charge in [-0.05, 0) is 31.0 Å². The van der Waals surface area contributed by atoms with Crippen molar-refractivity contribution in [3.05, 3.63) is 29.3 Å². The predicted molar refractivity (Wildman–Crippen MR) is 70.5 cm³/mol. The molecule has 5 heteroatoms. The van der Waals surface area contributed by atoms with Gasteiger partial charge in [-0.25, -0.2) is 0 Å². The molecule has 1 atom stereocenters. The van der Waals surface area contributed by atoms with Crippen molar-refractivity contribution in [2.24, 2.45) is 0 Å². The van der Waals surface area contributed by atoms with Gasteiger partial charge in [0.2, 0.25) is 0 Å². The fourth-order valence-electron chi connectivity index (χ4n) is 2.45. The van der Waals surface area contributed by atoms with Crippen LogP contribution in [0.2, 0.25) is 0 Å². The average molecular weight is 272 g/mol. The number of piperazine rings is 1. The van der Waals surface area contributed by atoms with Crippen LogP contribution in [0.15, 0.2) is 18.2 Å². The van der Waals surface area contributed by atoms with Crippen LogP contribution in [-0.2, 0) is 6.18 Å². The molecular weight excluding hydrogens is 253 g/mol. The monoisotopic (exact) mass is 272 g/mol. The third-order valence-corrected chi connectivity index (χ3v) is 3.64. The first-order chi connectivity index (χ1) is 8.91. The molecule has 19 heavy (non-hydrogen) atoms. The average Bonchev–Trinajstić information content (AvgIpc) is 2.38. The number of alkyl halides is 3. The summed E-state index contributed by atoms with van der Waals surface area (Å²) in [7, 11) is 0. The first-order valence-electron chi connectivity index (χ1n) is 6.58. The number of benzene rings is 1. The van der Waals surface area contributed by atoms with Gasteiger partial charge in [0.15, 0.2) is 0 Å². The third kappa shape index (κ3) is 3.21. The van der Waals surface area contributed by atoms with Crippen molar-refractivity contribution < 1.29 is 13.2 Å². The summed E-state index contributed by atoms with van der Waals surface area (Å²) >= 11 is 0. The Morgan fingerprint density at radius 3 is 2.74 bits per heavy atom. The molecule has 0 amide bonds. The Hall–Kier alpha value is -1.23. The minimum atomic E-state index is -4.28. The molecule has 1 aliphatic rings. The van der Waals surface area contributed by atoms with Crippen molar-refractivity contribution in [2.45, 2.75) is 32.5 Å². The number of anilines is 1. The Kier molecular flexibility index (Phi) is 4.04. The summed E-state index contributed by atoms with van der Waals surface area (Å²) in [5.74, 6) is 0. The second-order valence-corrected chi connectivity index (χ2v) is 5.00. The molecule has 1 saturated heterocycles. The van der Waals surface area contributed by atoms with E-state index in [0.29, 0.717) is 11.7 Å². The van der Waals surface area contributed by atoms with Crippen LogP contribution in [0.1, 0.15) is 24.5 Å². The van der Waals surface area contributed by atoms with Crippen molar-refractivity contribution in [2.75, 3.05) is 24.5 Å². The highest BCUT2D eigenvalue weighted by Gasteiger charge is 2.33. The molecule has 2 rings (SSSR count). The Morgan fingerprint density at radius 1 is 1.37 bits per heavy atom. The lowest BCUT2D eigenvalue weighted by atomic mass is 10.1. The van der Waals surface area contributed by atoms with Crippen LogP contribution in [0.4, 0.5) is 18.9 Å². The van der Waals surface area contributed by atoms with Crippen LogP contribution in [-0.4, -0.2) is 25.7 Å². The summed E-state index contributed by atoms with van der Waals surface area (Å²) in [6.07, 6.45) is -3.30. The van der Waals surface area contributed by atoms with E-state index in [2.05, 4.69) is 12.2 Å². The number of nitrogens with zero attached hydrogens (tertiary/aromatic N) is 1. The second-order valence-electron chi connectivity index (χ2n) is 5.00. The highest BCUT2D eigenvalue weighted by Crippen LogP contribution is 2.34. The molecule has 106 valence electrons. The first-order valence-corrected chi connectivity index (χ1v) is 6.58. The van der Waals surface area contributed by atoms with Crippen molar-refractivity contribution in [3.8, 4) is 0 Å². The first kappa shape index (κ1) is 14.2. The van der Waals surface area contributed by atoms with Crippen LogP contribution >= 0.6 is 0 Å². The summed E-state index contributed by atoms with van der Waals surface area (Å²) in [4.78, 5) is 2.03. The Balaban J connectivity index is 2.25. The fourth-order valence-corrected chi connectivity index (χ4v) is 2.45. The maximum atomic E-state index is 12.9. The Bertz CT molecular complexity index is 443. The lowest BCUT2D eigenvalue weighted by Crippen LogP contribution is -2.50. The van der Waals surface area contributed by atoms with Crippen LogP contribution in [0.25, 0.3) is 0 Å². The van der Waals surface area contributed by atoms with E-state index in [4.69, 9.17) is 0 Å². The van der Waals surface area contributed by atoms with Crippen molar-refractivity contribution >= 4 is 5.69 Å². The summed E-state index contributed by atoms with van der Waals surface area (Å²) in [5, 5.41) is 3.36. The molecule has 0 saturated carbocycles. The summed E-state index contributed by atoms with van der Waals surface area (Å²) in [6, 6.07) is 4.96. The molecule has 1 N–H and O–H groups in total. The lowest BCUT2D eigenvalue weighted by Gasteiger charge is -2.35. The van der Waals surface area contributed by atoms with Gasteiger partial charge >= 0.3 is 6.18 Å². The number of hydrogen-bond donors (Lipinski definition) is 1. The number of rotatable bonds is 2. The van der Waals surface area contributed by atoms with Gasteiger partial charge in [0.05, 0.1) is 5.56 Å². The highest BCUT2D eigenvalue weighted by molar-refractivity contribution is 5.52. The van der Waals surface area contributed by atoms with E-state index < -0.39 is 11.7 Å². The molecule has 1 aromatic rings. The van der Waals surface area contributed by atoms with Gasteiger partial charge in [-0.15, -0.1) is 0 Å².